The van der Waals surface area contributed by atoms with E-state index in [1.807, 2.05) is 6.92 Å². The molecule has 1 aromatic carbocycles. The molecule has 1 aliphatic heterocycles. The first-order chi connectivity index (χ1) is 11.0. The summed E-state index contributed by atoms with van der Waals surface area (Å²) in [6, 6.07) is 8.21. The van der Waals surface area contributed by atoms with Crippen LogP contribution in [-0.4, -0.2) is 22.6 Å². The Balaban J connectivity index is 1.86. The van der Waals surface area contributed by atoms with E-state index in [4.69, 9.17) is 5.73 Å². The SMILES string of the molecule is CC(N)c1ccc(C(=O)Nc2ccnc3c2C(=O)C(=O)N3)cc1. The second-order valence-corrected chi connectivity index (χ2v) is 5.23. The summed E-state index contributed by atoms with van der Waals surface area (Å²) in [6.45, 7) is 1.85. The zero-order valence-corrected chi connectivity index (χ0v) is 12.3. The number of carbonyl (C=O) groups is 3. The lowest BCUT2D eigenvalue weighted by Gasteiger charge is -2.09. The van der Waals surface area contributed by atoms with Crippen LogP contribution in [0.3, 0.4) is 0 Å². The number of pyridine rings is 1. The molecule has 7 heteroatoms. The smallest absolute Gasteiger partial charge is 0.298 e. The molecule has 23 heavy (non-hydrogen) atoms. The fourth-order valence-corrected chi connectivity index (χ4v) is 2.30. The molecule has 1 aromatic heterocycles. The summed E-state index contributed by atoms with van der Waals surface area (Å²) < 4.78 is 0. The largest absolute Gasteiger partial charge is 0.324 e. The van der Waals surface area contributed by atoms with Crippen LogP contribution in [-0.2, 0) is 4.79 Å². The highest BCUT2D eigenvalue weighted by molar-refractivity contribution is 6.52. The average molecular weight is 310 g/mol. The van der Waals surface area contributed by atoms with Crippen LogP contribution in [0, 0.1) is 0 Å². The second kappa shape index (κ2) is 5.62. The molecule has 2 amide bonds. The van der Waals surface area contributed by atoms with E-state index in [9.17, 15) is 14.4 Å². The van der Waals surface area contributed by atoms with Gasteiger partial charge in [-0.3, -0.25) is 14.4 Å². The van der Waals surface area contributed by atoms with E-state index in [2.05, 4.69) is 15.6 Å². The number of aromatic nitrogens is 1. The molecule has 2 aromatic rings. The zero-order chi connectivity index (χ0) is 16.6. The molecule has 0 aliphatic carbocycles. The Kier molecular flexibility index (Phi) is 3.63. The van der Waals surface area contributed by atoms with Crippen molar-refractivity contribution in [1.29, 1.82) is 0 Å². The van der Waals surface area contributed by atoms with Gasteiger partial charge < -0.3 is 16.4 Å². The van der Waals surface area contributed by atoms with E-state index >= 15 is 0 Å². The number of nitrogens with zero attached hydrogens (tertiary/aromatic N) is 1. The Bertz CT molecular complexity index is 813. The van der Waals surface area contributed by atoms with Gasteiger partial charge >= 0.3 is 0 Å². The molecule has 0 radical (unpaired) electrons. The molecule has 3 rings (SSSR count). The van der Waals surface area contributed by atoms with Crippen LogP contribution in [0.15, 0.2) is 36.5 Å². The molecule has 1 aliphatic rings. The van der Waals surface area contributed by atoms with E-state index in [-0.39, 0.29) is 29.0 Å². The third kappa shape index (κ3) is 2.69. The monoisotopic (exact) mass is 310 g/mol. The highest BCUT2D eigenvalue weighted by atomic mass is 16.2. The normalized spacial score (nSPS) is 14.2. The summed E-state index contributed by atoms with van der Waals surface area (Å²) in [7, 11) is 0. The van der Waals surface area contributed by atoms with Gasteiger partial charge in [0.15, 0.2) is 0 Å². The van der Waals surface area contributed by atoms with Gasteiger partial charge in [0.25, 0.3) is 17.6 Å². The van der Waals surface area contributed by atoms with Crippen molar-refractivity contribution in [1.82, 2.24) is 4.98 Å². The summed E-state index contributed by atoms with van der Waals surface area (Å²) in [6.07, 6.45) is 1.41. The Labute approximate surface area is 131 Å². The van der Waals surface area contributed by atoms with Gasteiger partial charge in [-0.15, -0.1) is 0 Å². The number of nitrogens with two attached hydrogens (primary N) is 1. The number of fused-ring (bicyclic) bond motifs is 1. The maximum atomic E-state index is 12.3. The predicted molar refractivity (Wildman–Crippen MR) is 84.2 cm³/mol. The van der Waals surface area contributed by atoms with Crippen molar-refractivity contribution in [3.05, 3.63) is 53.2 Å². The number of benzene rings is 1. The van der Waals surface area contributed by atoms with Crippen LogP contribution >= 0.6 is 0 Å². The number of anilines is 2. The van der Waals surface area contributed by atoms with Crippen molar-refractivity contribution in [2.45, 2.75) is 13.0 Å². The Morgan fingerprint density at radius 3 is 2.57 bits per heavy atom. The maximum absolute atomic E-state index is 12.3. The first-order valence-corrected chi connectivity index (χ1v) is 6.99. The van der Waals surface area contributed by atoms with E-state index in [1.54, 1.807) is 24.3 Å². The predicted octanol–water partition coefficient (Wildman–Crippen LogP) is 1.49. The number of Topliss-reactive ketones (excluding diaryl/α,β-unsaturated/α-hetero) is 1. The van der Waals surface area contributed by atoms with Crippen molar-refractivity contribution in [3.8, 4) is 0 Å². The second-order valence-electron chi connectivity index (χ2n) is 5.23. The quantitative estimate of drug-likeness (QED) is 0.743. The number of ketones is 1. The van der Waals surface area contributed by atoms with Gasteiger partial charge in [-0.2, -0.15) is 0 Å². The lowest BCUT2D eigenvalue weighted by Crippen LogP contribution is -2.16. The Morgan fingerprint density at radius 1 is 1.22 bits per heavy atom. The number of hydrogen-bond acceptors (Lipinski definition) is 5. The van der Waals surface area contributed by atoms with Gasteiger partial charge in [0.2, 0.25) is 0 Å². The van der Waals surface area contributed by atoms with Crippen LogP contribution in [0.25, 0.3) is 0 Å². The standard InChI is InChI=1S/C16H14N4O3/c1-8(17)9-2-4-10(5-3-9)15(22)19-11-6-7-18-14-12(11)13(21)16(23)20-14/h2-8H,17H2,1H3,(H2,18,19,20,21,22,23). The van der Waals surface area contributed by atoms with E-state index in [0.29, 0.717) is 5.56 Å². The first-order valence-electron chi connectivity index (χ1n) is 6.99. The molecule has 1 atom stereocenters. The highest BCUT2D eigenvalue weighted by Crippen LogP contribution is 2.28. The molecule has 2 heterocycles. The van der Waals surface area contributed by atoms with Gasteiger partial charge in [0.05, 0.1) is 11.3 Å². The van der Waals surface area contributed by atoms with Crippen molar-refractivity contribution < 1.29 is 14.4 Å². The first kappa shape index (κ1) is 14.9. The molecule has 0 spiro atoms. The summed E-state index contributed by atoms with van der Waals surface area (Å²) in [5.74, 6) is -1.70. The van der Waals surface area contributed by atoms with Crippen molar-refractivity contribution in [2.24, 2.45) is 5.73 Å². The number of amides is 2. The maximum Gasteiger partial charge on any atom is 0.298 e. The number of nitrogens with one attached hydrogen (secondary N) is 2. The zero-order valence-electron chi connectivity index (χ0n) is 12.3. The Morgan fingerprint density at radius 2 is 1.91 bits per heavy atom. The molecular formula is C16H14N4O3. The fourth-order valence-electron chi connectivity index (χ4n) is 2.30. The summed E-state index contributed by atoms with van der Waals surface area (Å²) in [5, 5.41) is 4.99. The van der Waals surface area contributed by atoms with E-state index in [0.717, 1.165) is 5.56 Å². The lowest BCUT2D eigenvalue weighted by molar-refractivity contribution is -0.112. The van der Waals surface area contributed by atoms with Crippen LogP contribution in [0.5, 0.6) is 0 Å². The molecule has 116 valence electrons. The molecule has 1 unspecified atom stereocenters. The average Bonchev–Trinajstić information content (AvgIpc) is 2.83. The van der Waals surface area contributed by atoms with Gasteiger partial charge in [-0.05, 0) is 30.7 Å². The fraction of sp³-hybridized carbons (Fsp3) is 0.125. The molecule has 0 saturated heterocycles. The summed E-state index contributed by atoms with van der Waals surface area (Å²) in [4.78, 5) is 39.5. The van der Waals surface area contributed by atoms with Crippen LogP contribution in [0.2, 0.25) is 0 Å². The molecule has 0 saturated carbocycles. The number of rotatable bonds is 3. The molecule has 4 N–H and O–H groups in total. The number of carbonyl (C=O) groups excluding carboxylic acids is 3. The topological polar surface area (TPSA) is 114 Å². The van der Waals surface area contributed by atoms with Crippen molar-refractivity contribution in [2.75, 3.05) is 10.6 Å². The summed E-state index contributed by atoms with van der Waals surface area (Å²) >= 11 is 0. The lowest BCUT2D eigenvalue weighted by atomic mass is 10.1. The minimum absolute atomic E-state index is 0.0815. The third-order valence-electron chi connectivity index (χ3n) is 3.56. The van der Waals surface area contributed by atoms with Crippen molar-refractivity contribution in [3.63, 3.8) is 0 Å². The molecule has 0 bridgehead atoms. The van der Waals surface area contributed by atoms with Gasteiger partial charge in [0, 0.05) is 17.8 Å². The minimum Gasteiger partial charge on any atom is -0.324 e. The van der Waals surface area contributed by atoms with E-state index < -0.39 is 11.7 Å². The molecule has 0 fully saturated rings. The van der Waals surface area contributed by atoms with Gasteiger partial charge in [-0.25, -0.2) is 4.98 Å². The van der Waals surface area contributed by atoms with Crippen LogP contribution in [0.1, 0.15) is 39.2 Å². The van der Waals surface area contributed by atoms with Gasteiger partial charge in [0.1, 0.15) is 5.82 Å². The summed E-state index contributed by atoms with van der Waals surface area (Å²) in [5.41, 5.74) is 7.43. The van der Waals surface area contributed by atoms with Crippen molar-refractivity contribution >= 4 is 29.1 Å². The highest BCUT2D eigenvalue weighted by Gasteiger charge is 2.32. The van der Waals surface area contributed by atoms with Crippen LogP contribution < -0.4 is 16.4 Å². The number of hydrogen-bond donors (Lipinski definition) is 3. The van der Waals surface area contributed by atoms with E-state index in [1.165, 1.54) is 12.3 Å². The molecule has 7 nitrogen and oxygen atoms in total. The molecular weight excluding hydrogens is 296 g/mol. The van der Waals surface area contributed by atoms with Crippen LogP contribution in [0.4, 0.5) is 11.5 Å². The third-order valence-corrected chi connectivity index (χ3v) is 3.56. The Hall–Kier alpha value is -3.06. The van der Waals surface area contributed by atoms with Gasteiger partial charge in [-0.1, -0.05) is 12.1 Å². The minimum atomic E-state index is -0.754.